The fourth-order valence-electron chi connectivity index (χ4n) is 4.98. The molecule has 1 aliphatic rings. The van der Waals surface area contributed by atoms with Gasteiger partial charge in [-0.3, -0.25) is 14.4 Å². The number of carbonyl (C=O) groups is 3. The summed E-state index contributed by atoms with van der Waals surface area (Å²) in [5, 5.41) is 5.08. The molecule has 0 bridgehead atoms. The number of benzene rings is 3. The van der Waals surface area contributed by atoms with Crippen molar-refractivity contribution in [2.24, 2.45) is 0 Å². The van der Waals surface area contributed by atoms with E-state index in [0.29, 0.717) is 31.5 Å². The fraction of sp³-hybridized carbons (Fsp3) is 0.387. The van der Waals surface area contributed by atoms with Gasteiger partial charge in [0.25, 0.3) is 5.91 Å². The van der Waals surface area contributed by atoms with Crippen LogP contribution in [-0.2, 0) is 16.1 Å². The summed E-state index contributed by atoms with van der Waals surface area (Å²) >= 11 is 0. The highest BCUT2D eigenvalue weighted by Crippen LogP contribution is 2.37. The summed E-state index contributed by atoms with van der Waals surface area (Å²) in [6.07, 6.45) is 2.13. The van der Waals surface area contributed by atoms with Crippen LogP contribution in [-0.4, -0.2) is 41.2 Å². The van der Waals surface area contributed by atoms with Gasteiger partial charge in [0.1, 0.15) is 6.04 Å². The van der Waals surface area contributed by atoms with E-state index in [1.54, 1.807) is 9.80 Å². The van der Waals surface area contributed by atoms with E-state index in [4.69, 9.17) is 0 Å². The van der Waals surface area contributed by atoms with Crippen LogP contribution in [0.4, 0.5) is 5.69 Å². The lowest BCUT2D eigenvalue weighted by molar-refractivity contribution is -0.141. The highest BCUT2D eigenvalue weighted by atomic mass is 16.2. The standard InChI is InChI=1S/C31H37N3O3/c1-5-22(4)32-30(36)26(6-2)34(20-23-17-15-21(3)16-18-23)28(35)14-9-19-33-27-13-8-11-24-10-7-12-25(29(24)27)31(33)37/h7-8,10-13,15-18,22,26H,5-6,9,14,19-20H2,1-4H3,(H,32,36)/t22-,26-/m0/s1. The Balaban J connectivity index is 1.48. The van der Waals surface area contributed by atoms with E-state index >= 15 is 0 Å². The predicted molar refractivity (Wildman–Crippen MR) is 149 cm³/mol. The highest BCUT2D eigenvalue weighted by Gasteiger charge is 2.31. The molecule has 1 aliphatic heterocycles. The third-order valence-corrected chi connectivity index (χ3v) is 7.28. The lowest BCUT2D eigenvalue weighted by Crippen LogP contribution is -2.50. The molecule has 1 heterocycles. The normalized spacial score (nSPS) is 14.1. The summed E-state index contributed by atoms with van der Waals surface area (Å²) < 4.78 is 0. The minimum Gasteiger partial charge on any atom is -0.352 e. The average molecular weight is 500 g/mol. The van der Waals surface area contributed by atoms with Crippen LogP contribution in [0.5, 0.6) is 0 Å². The van der Waals surface area contributed by atoms with Crippen LogP contribution >= 0.6 is 0 Å². The summed E-state index contributed by atoms with van der Waals surface area (Å²) in [6.45, 7) is 8.80. The zero-order chi connectivity index (χ0) is 26.5. The molecular formula is C31H37N3O3. The Morgan fingerprint density at radius 2 is 1.68 bits per heavy atom. The van der Waals surface area contributed by atoms with E-state index in [1.165, 1.54) is 0 Å². The minimum atomic E-state index is -0.547. The van der Waals surface area contributed by atoms with Crippen LogP contribution in [0.3, 0.4) is 0 Å². The number of nitrogens with zero attached hydrogens (tertiary/aromatic N) is 2. The number of amides is 3. The van der Waals surface area contributed by atoms with Gasteiger partial charge in [0, 0.05) is 36.5 Å². The van der Waals surface area contributed by atoms with Gasteiger partial charge in [-0.25, -0.2) is 0 Å². The zero-order valence-electron chi connectivity index (χ0n) is 22.3. The number of rotatable bonds is 11. The molecule has 6 nitrogen and oxygen atoms in total. The van der Waals surface area contributed by atoms with Crippen molar-refractivity contribution in [3.05, 3.63) is 77.4 Å². The lowest BCUT2D eigenvalue weighted by atomic mass is 10.1. The zero-order valence-corrected chi connectivity index (χ0v) is 22.3. The maximum atomic E-state index is 13.6. The lowest BCUT2D eigenvalue weighted by Gasteiger charge is -2.32. The second-order valence-corrected chi connectivity index (χ2v) is 9.99. The quantitative estimate of drug-likeness (QED) is 0.373. The average Bonchev–Trinajstić information content (AvgIpc) is 3.17. The molecule has 4 rings (SSSR count). The second kappa shape index (κ2) is 11.6. The molecular weight excluding hydrogens is 462 g/mol. The monoisotopic (exact) mass is 499 g/mol. The van der Waals surface area contributed by atoms with Gasteiger partial charge >= 0.3 is 0 Å². The number of nitrogens with one attached hydrogen (secondary N) is 1. The summed E-state index contributed by atoms with van der Waals surface area (Å²) in [5.41, 5.74) is 3.76. The van der Waals surface area contributed by atoms with Gasteiger partial charge in [0.05, 0.1) is 5.69 Å². The van der Waals surface area contributed by atoms with E-state index in [-0.39, 0.29) is 30.2 Å². The number of anilines is 1. The van der Waals surface area contributed by atoms with Crippen molar-refractivity contribution in [1.82, 2.24) is 10.2 Å². The first kappa shape index (κ1) is 26.4. The molecule has 37 heavy (non-hydrogen) atoms. The van der Waals surface area contributed by atoms with Gasteiger partial charge in [-0.15, -0.1) is 0 Å². The molecule has 0 unspecified atom stereocenters. The largest absolute Gasteiger partial charge is 0.352 e. The minimum absolute atomic E-state index is 0.0184. The van der Waals surface area contributed by atoms with Gasteiger partial charge in [0.15, 0.2) is 0 Å². The van der Waals surface area contributed by atoms with E-state index in [1.807, 2.05) is 88.4 Å². The van der Waals surface area contributed by atoms with Crippen LogP contribution < -0.4 is 10.2 Å². The van der Waals surface area contributed by atoms with Gasteiger partial charge in [-0.2, -0.15) is 0 Å². The first-order valence-corrected chi connectivity index (χ1v) is 13.3. The molecule has 0 spiro atoms. The van der Waals surface area contributed by atoms with Crippen LogP contribution in [0.15, 0.2) is 60.7 Å². The molecule has 0 fully saturated rings. The molecule has 3 amide bonds. The Bertz CT molecular complexity index is 1280. The summed E-state index contributed by atoms with van der Waals surface area (Å²) in [7, 11) is 0. The van der Waals surface area contributed by atoms with Gasteiger partial charge < -0.3 is 15.1 Å². The van der Waals surface area contributed by atoms with Crippen LogP contribution in [0.25, 0.3) is 10.8 Å². The molecule has 3 aromatic carbocycles. The number of hydrogen-bond acceptors (Lipinski definition) is 3. The first-order valence-electron chi connectivity index (χ1n) is 13.3. The Morgan fingerprint density at radius 3 is 2.35 bits per heavy atom. The Labute approximate surface area is 219 Å². The molecule has 0 aliphatic carbocycles. The van der Waals surface area contributed by atoms with E-state index < -0.39 is 6.04 Å². The van der Waals surface area contributed by atoms with Gasteiger partial charge in [0.2, 0.25) is 11.8 Å². The molecule has 0 aromatic heterocycles. The van der Waals surface area contributed by atoms with Crippen LogP contribution in [0.2, 0.25) is 0 Å². The predicted octanol–water partition coefficient (Wildman–Crippen LogP) is 5.61. The first-order chi connectivity index (χ1) is 17.8. The van der Waals surface area contributed by atoms with Crippen LogP contribution in [0, 0.1) is 6.92 Å². The molecule has 6 heteroatoms. The number of hydrogen-bond donors (Lipinski definition) is 1. The second-order valence-electron chi connectivity index (χ2n) is 9.99. The molecule has 0 saturated heterocycles. The summed E-state index contributed by atoms with van der Waals surface area (Å²) in [5.74, 6) is -0.210. The van der Waals surface area contributed by atoms with E-state index in [0.717, 1.165) is 34.0 Å². The topological polar surface area (TPSA) is 69.7 Å². The van der Waals surface area contributed by atoms with E-state index in [9.17, 15) is 14.4 Å². The van der Waals surface area contributed by atoms with Crippen molar-refractivity contribution in [3.8, 4) is 0 Å². The van der Waals surface area contributed by atoms with Crippen LogP contribution in [0.1, 0.15) is 67.9 Å². The summed E-state index contributed by atoms with van der Waals surface area (Å²) in [6, 6.07) is 19.3. The van der Waals surface area contributed by atoms with Crippen molar-refractivity contribution >= 4 is 34.2 Å². The Kier molecular flexibility index (Phi) is 8.27. The molecule has 0 saturated carbocycles. The van der Waals surface area contributed by atoms with Gasteiger partial charge in [-0.1, -0.05) is 67.9 Å². The Morgan fingerprint density at radius 1 is 0.973 bits per heavy atom. The molecule has 3 aromatic rings. The van der Waals surface area contributed by atoms with Crippen molar-refractivity contribution in [3.63, 3.8) is 0 Å². The summed E-state index contributed by atoms with van der Waals surface area (Å²) in [4.78, 5) is 43.3. The molecule has 1 N–H and O–H groups in total. The third kappa shape index (κ3) is 5.68. The highest BCUT2D eigenvalue weighted by molar-refractivity contribution is 6.25. The maximum Gasteiger partial charge on any atom is 0.258 e. The number of carbonyl (C=O) groups excluding carboxylic acids is 3. The molecule has 2 atom stereocenters. The molecule has 194 valence electrons. The van der Waals surface area contributed by atoms with Crippen molar-refractivity contribution in [2.75, 3.05) is 11.4 Å². The number of aryl methyl sites for hydroxylation is 1. The third-order valence-electron chi connectivity index (χ3n) is 7.28. The maximum absolute atomic E-state index is 13.6. The van der Waals surface area contributed by atoms with Gasteiger partial charge in [-0.05, 0) is 56.2 Å². The Hall–Kier alpha value is -3.67. The van der Waals surface area contributed by atoms with E-state index in [2.05, 4.69) is 5.32 Å². The van der Waals surface area contributed by atoms with Crippen molar-refractivity contribution < 1.29 is 14.4 Å². The smallest absolute Gasteiger partial charge is 0.258 e. The van der Waals surface area contributed by atoms with Crippen molar-refractivity contribution in [1.29, 1.82) is 0 Å². The fourth-order valence-corrected chi connectivity index (χ4v) is 4.98. The van der Waals surface area contributed by atoms with Crippen molar-refractivity contribution in [2.45, 2.75) is 72.0 Å². The molecule has 0 radical (unpaired) electrons. The SMILES string of the molecule is CC[C@H](C)NC(=O)[C@H](CC)N(Cc1ccc(C)cc1)C(=O)CCCN1C(=O)c2cccc3cccc1c23.